The predicted molar refractivity (Wildman–Crippen MR) is 99.5 cm³/mol. The number of rotatable bonds is 5. The summed E-state index contributed by atoms with van der Waals surface area (Å²) in [5, 5.41) is 9.65. The van der Waals surface area contributed by atoms with Gasteiger partial charge in [-0.1, -0.05) is 42.4 Å². The van der Waals surface area contributed by atoms with Crippen LogP contribution in [0.1, 0.15) is 30.0 Å². The van der Waals surface area contributed by atoms with Gasteiger partial charge >= 0.3 is 0 Å². The Morgan fingerprint density at radius 2 is 2.16 bits per heavy atom. The Labute approximate surface area is 151 Å². The normalized spacial score (nSPS) is 18.5. The van der Waals surface area contributed by atoms with Crippen molar-refractivity contribution in [2.24, 2.45) is 0 Å². The molecule has 1 N–H and O–H groups in total. The lowest BCUT2D eigenvalue weighted by atomic mass is 10.0. The maximum Gasteiger partial charge on any atom is 0.241 e. The molecule has 1 atom stereocenters. The SMILES string of the molecule is CCc1ccc(C2CNCCN2Cc2nc(-c3cccs3)no2)cc1. The van der Waals surface area contributed by atoms with Gasteiger partial charge in [-0.05, 0) is 29.0 Å². The molecule has 0 amide bonds. The van der Waals surface area contributed by atoms with E-state index in [1.165, 1.54) is 11.1 Å². The molecule has 0 aliphatic carbocycles. The van der Waals surface area contributed by atoms with Crippen LogP contribution in [0.3, 0.4) is 0 Å². The van der Waals surface area contributed by atoms with E-state index in [1.54, 1.807) is 11.3 Å². The fourth-order valence-corrected chi connectivity index (χ4v) is 3.89. The van der Waals surface area contributed by atoms with E-state index in [9.17, 15) is 0 Å². The molecule has 0 bridgehead atoms. The van der Waals surface area contributed by atoms with Gasteiger partial charge in [-0.3, -0.25) is 4.90 Å². The average molecular weight is 354 g/mol. The van der Waals surface area contributed by atoms with Gasteiger partial charge in [-0.2, -0.15) is 4.98 Å². The van der Waals surface area contributed by atoms with Gasteiger partial charge in [0.15, 0.2) is 0 Å². The lowest BCUT2D eigenvalue weighted by Gasteiger charge is -2.35. The first kappa shape index (κ1) is 16.4. The third-order valence-electron chi connectivity index (χ3n) is 4.67. The molecular weight excluding hydrogens is 332 g/mol. The molecule has 25 heavy (non-hydrogen) atoms. The van der Waals surface area contributed by atoms with E-state index in [1.807, 2.05) is 17.5 Å². The maximum atomic E-state index is 5.50. The zero-order chi connectivity index (χ0) is 17.1. The fraction of sp³-hybridized carbons (Fsp3) is 0.368. The Balaban J connectivity index is 1.51. The highest BCUT2D eigenvalue weighted by atomic mass is 32.1. The number of hydrogen-bond acceptors (Lipinski definition) is 6. The molecule has 3 aromatic rings. The summed E-state index contributed by atoms with van der Waals surface area (Å²) in [6.45, 7) is 5.76. The summed E-state index contributed by atoms with van der Waals surface area (Å²) in [4.78, 5) is 8.04. The summed E-state index contributed by atoms with van der Waals surface area (Å²) in [5.41, 5.74) is 2.71. The van der Waals surface area contributed by atoms with Crippen LogP contribution in [0.2, 0.25) is 0 Å². The summed E-state index contributed by atoms with van der Waals surface area (Å²) in [6.07, 6.45) is 1.07. The maximum absolute atomic E-state index is 5.50. The van der Waals surface area contributed by atoms with E-state index >= 15 is 0 Å². The number of aryl methyl sites for hydroxylation is 1. The Hall–Kier alpha value is -2.02. The van der Waals surface area contributed by atoms with Crippen LogP contribution in [0.5, 0.6) is 0 Å². The third kappa shape index (κ3) is 3.66. The molecule has 1 unspecified atom stereocenters. The fourth-order valence-electron chi connectivity index (χ4n) is 3.24. The summed E-state index contributed by atoms with van der Waals surface area (Å²) in [7, 11) is 0. The van der Waals surface area contributed by atoms with E-state index in [0.29, 0.717) is 24.3 Å². The van der Waals surface area contributed by atoms with Crippen LogP contribution >= 0.6 is 11.3 Å². The molecule has 1 aliphatic rings. The molecule has 1 saturated heterocycles. The van der Waals surface area contributed by atoms with E-state index in [-0.39, 0.29) is 0 Å². The van der Waals surface area contributed by atoms with Gasteiger partial charge in [0.2, 0.25) is 11.7 Å². The number of thiophene rings is 1. The summed E-state index contributed by atoms with van der Waals surface area (Å²) < 4.78 is 5.50. The van der Waals surface area contributed by atoms with Crippen molar-refractivity contribution >= 4 is 11.3 Å². The highest BCUT2D eigenvalue weighted by Crippen LogP contribution is 2.26. The van der Waals surface area contributed by atoms with Crippen LogP contribution < -0.4 is 5.32 Å². The highest BCUT2D eigenvalue weighted by Gasteiger charge is 2.25. The van der Waals surface area contributed by atoms with E-state index in [2.05, 4.69) is 51.5 Å². The second kappa shape index (κ2) is 7.47. The van der Waals surface area contributed by atoms with E-state index in [0.717, 1.165) is 30.9 Å². The quantitative estimate of drug-likeness (QED) is 0.760. The van der Waals surface area contributed by atoms with Crippen LogP contribution in [0.25, 0.3) is 10.7 Å². The number of piperazine rings is 1. The zero-order valence-corrected chi connectivity index (χ0v) is 15.1. The van der Waals surface area contributed by atoms with Crippen molar-refractivity contribution in [2.75, 3.05) is 19.6 Å². The lowest BCUT2D eigenvalue weighted by molar-refractivity contribution is 0.135. The predicted octanol–water partition coefficient (Wildman–Crippen LogP) is 3.51. The van der Waals surface area contributed by atoms with Crippen molar-refractivity contribution < 1.29 is 4.52 Å². The first-order chi connectivity index (χ1) is 12.3. The molecule has 0 saturated carbocycles. The molecule has 1 aromatic carbocycles. The third-order valence-corrected chi connectivity index (χ3v) is 5.54. The smallest absolute Gasteiger partial charge is 0.241 e. The second-order valence-electron chi connectivity index (χ2n) is 6.27. The van der Waals surface area contributed by atoms with Crippen LogP contribution in [0.15, 0.2) is 46.3 Å². The molecule has 6 heteroatoms. The largest absolute Gasteiger partial charge is 0.338 e. The molecule has 3 heterocycles. The average Bonchev–Trinajstić information content (AvgIpc) is 3.34. The van der Waals surface area contributed by atoms with Crippen molar-refractivity contribution in [1.29, 1.82) is 0 Å². The zero-order valence-electron chi connectivity index (χ0n) is 14.3. The first-order valence-corrected chi connectivity index (χ1v) is 9.61. The number of aromatic nitrogens is 2. The summed E-state index contributed by atoms with van der Waals surface area (Å²) >= 11 is 1.63. The minimum atomic E-state index is 0.330. The van der Waals surface area contributed by atoms with Gasteiger partial charge in [0, 0.05) is 25.7 Å². The molecule has 4 rings (SSSR count). The molecule has 5 nitrogen and oxygen atoms in total. The van der Waals surface area contributed by atoms with Crippen molar-refractivity contribution in [3.8, 4) is 10.7 Å². The van der Waals surface area contributed by atoms with Crippen molar-refractivity contribution in [2.45, 2.75) is 25.9 Å². The number of benzene rings is 1. The van der Waals surface area contributed by atoms with Crippen LogP contribution in [0, 0.1) is 0 Å². The molecule has 0 spiro atoms. The lowest BCUT2D eigenvalue weighted by Crippen LogP contribution is -2.45. The molecule has 1 fully saturated rings. The molecule has 0 radical (unpaired) electrons. The van der Waals surface area contributed by atoms with Gasteiger partial charge < -0.3 is 9.84 Å². The van der Waals surface area contributed by atoms with E-state index in [4.69, 9.17) is 4.52 Å². The monoisotopic (exact) mass is 354 g/mol. The van der Waals surface area contributed by atoms with Gasteiger partial charge in [0.05, 0.1) is 11.4 Å². The van der Waals surface area contributed by atoms with Crippen LogP contribution in [-0.4, -0.2) is 34.7 Å². The minimum Gasteiger partial charge on any atom is -0.338 e. The Bertz CT molecular complexity index is 797. The highest BCUT2D eigenvalue weighted by molar-refractivity contribution is 7.13. The Kier molecular flexibility index (Phi) is 4.92. The standard InChI is InChI=1S/C19H22N4OS/c1-2-14-5-7-15(8-6-14)16-12-20-9-10-23(16)13-18-21-19(22-24-18)17-4-3-11-25-17/h3-8,11,16,20H,2,9-10,12-13H2,1H3. The molecule has 130 valence electrons. The number of nitrogens with one attached hydrogen (secondary N) is 1. The Morgan fingerprint density at radius 3 is 2.92 bits per heavy atom. The first-order valence-electron chi connectivity index (χ1n) is 8.73. The van der Waals surface area contributed by atoms with Crippen molar-refractivity contribution in [3.63, 3.8) is 0 Å². The molecule has 1 aliphatic heterocycles. The van der Waals surface area contributed by atoms with Crippen molar-refractivity contribution in [1.82, 2.24) is 20.4 Å². The summed E-state index contributed by atoms with van der Waals surface area (Å²) in [5.74, 6) is 1.37. The number of hydrogen-bond donors (Lipinski definition) is 1. The molecular formula is C19H22N4OS. The molecule has 2 aromatic heterocycles. The van der Waals surface area contributed by atoms with Gasteiger partial charge in [0.1, 0.15) is 0 Å². The van der Waals surface area contributed by atoms with E-state index < -0.39 is 0 Å². The summed E-state index contributed by atoms with van der Waals surface area (Å²) in [6, 6.07) is 13.3. The second-order valence-corrected chi connectivity index (χ2v) is 7.22. The van der Waals surface area contributed by atoms with Gasteiger partial charge in [-0.15, -0.1) is 11.3 Å². The number of nitrogens with zero attached hydrogens (tertiary/aromatic N) is 3. The van der Waals surface area contributed by atoms with Gasteiger partial charge in [0.25, 0.3) is 0 Å². The van der Waals surface area contributed by atoms with Crippen LogP contribution in [0.4, 0.5) is 0 Å². The minimum absolute atomic E-state index is 0.330. The Morgan fingerprint density at radius 1 is 1.28 bits per heavy atom. The van der Waals surface area contributed by atoms with Crippen LogP contribution in [-0.2, 0) is 13.0 Å². The topological polar surface area (TPSA) is 54.2 Å². The van der Waals surface area contributed by atoms with Crippen molar-refractivity contribution in [3.05, 3.63) is 58.8 Å². The van der Waals surface area contributed by atoms with Gasteiger partial charge in [-0.25, -0.2) is 0 Å².